The van der Waals surface area contributed by atoms with Gasteiger partial charge in [0.05, 0.1) is 6.61 Å². The fraction of sp³-hybridized carbons (Fsp3) is 0.318. The highest BCUT2D eigenvalue weighted by Gasteiger charge is 2.26. The van der Waals surface area contributed by atoms with Crippen LogP contribution in [-0.2, 0) is 4.74 Å². The van der Waals surface area contributed by atoms with Crippen LogP contribution in [0.4, 0.5) is 4.79 Å². The number of hydrogen-bond acceptors (Lipinski definition) is 8. The third-order valence-electron chi connectivity index (χ3n) is 5.01. The lowest BCUT2D eigenvalue weighted by molar-refractivity contribution is 0.0697. The first-order chi connectivity index (χ1) is 15.3. The van der Waals surface area contributed by atoms with Gasteiger partial charge in [0.15, 0.2) is 17.2 Å². The van der Waals surface area contributed by atoms with Crippen LogP contribution in [0.25, 0.3) is 0 Å². The molecule has 4 N–H and O–H groups in total. The SMILES string of the molecule is CCOC(=O)Oc1ccc(C(=O)NC2CCN(C(=O)c3cc(O)c(O)c(O)c3)CC2)cc1. The van der Waals surface area contributed by atoms with Gasteiger partial charge >= 0.3 is 6.16 Å². The number of piperidine rings is 1. The standard InChI is InChI=1S/C22H24N2O8/c1-2-31-22(30)32-16-5-3-13(4-6-16)20(28)23-15-7-9-24(10-8-15)21(29)14-11-17(25)19(27)18(26)12-14/h3-6,11-12,15,25-27H,2,7-10H2,1H3,(H,23,28). The number of aromatic hydroxyl groups is 3. The number of phenolic OH excluding ortho intramolecular Hbond substituents is 3. The van der Waals surface area contributed by atoms with Crippen LogP contribution in [0.2, 0.25) is 0 Å². The summed E-state index contributed by atoms with van der Waals surface area (Å²) >= 11 is 0. The van der Waals surface area contributed by atoms with Crippen molar-refractivity contribution in [3.8, 4) is 23.0 Å². The zero-order valence-corrected chi connectivity index (χ0v) is 17.4. The van der Waals surface area contributed by atoms with Crippen LogP contribution in [0.5, 0.6) is 23.0 Å². The van der Waals surface area contributed by atoms with E-state index in [9.17, 15) is 29.7 Å². The second kappa shape index (κ2) is 9.90. The van der Waals surface area contributed by atoms with Crippen molar-refractivity contribution >= 4 is 18.0 Å². The molecule has 3 rings (SSSR count). The number of rotatable bonds is 5. The van der Waals surface area contributed by atoms with Crippen LogP contribution in [0.15, 0.2) is 36.4 Å². The van der Waals surface area contributed by atoms with E-state index in [0.29, 0.717) is 31.5 Å². The van der Waals surface area contributed by atoms with E-state index in [0.717, 1.165) is 12.1 Å². The summed E-state index contributed by atoms with van der Waals surface area (Å²) in [5, 5.41) is 31.5. The summed E-state index contributed by atoms with van der Waals surface area (Å²) in [6, 6.07) is 8.12. The van der Waals surface area contributed by atoms with Gasteiger partial charge in [-0.3, -0.25) is 9.59 Å². The van der Waals surface area contributed by atoms with Gasteiger partial charge in [0.1, 0.15) is 5.75 Å². The molecule has 1 fully saturated rings. The molecule has 10 nitrogen and oxygen atoms in total. The fourth-order valence-corrected chi connectivity index (χ4v) is 3.32. The lowest BCUT2D eigenvalue weighted by Gasteiger charge is -2.32. The Morgan fingerprint density at radius 2 is 1.59 bits per heavy atom. The van der Waals surface area contributed by atoms with Crippen molar-refractivity contribution in [2.75, 3.05) is 19.7 Å². The topological polar surface area (TPSA) is 146 Å². The summed E-state index contributed by atoms with van der Waals surface area (Å²) in [5.41, 5.74) is 0.458. The molecule has 1 aliphatic heterocycles. The Bertz CT molecular complexity index is 974. The Labute approximate surface area is 184 Å². The second-order valence-corrected chi connectivity index (χ2v) is 7.21. The highest BCUT2D eigenvalue weighted by molar-refractivity contribution is 5.96. The predicted octanol–water partition coefficient (Wildman–Crippen LogP) is 2.37. The van der Waals surface area contributed by atoms with Gasteiger partial charge in [-0.15, -0.1) is 0 Å². The van der Waals surface area contributed by atoms with Crippen molar-refractivity contribution < 1.29 is 39.2 Å². The van der Waals surface area contributed by atoms with Crippen LogP contribution in [0.3, 0.4) is 0 Å². The molecule has 0 bridgehead atoms. The lowest BCUT2D eigenvalue weighted by atomic mass is 10.0. The van der Waals surface area contributed by atoms with Crippen LogP contribution >= 0.6 is 0 Å². The summed E-state index contributed by atoms with van der Waals surface area (Å²) in [5.74, 6) is -2.24. The highest BCUT2D eigenvalue weighted by atomic mass is 16.7. The number of likely N-dealkylation sites (tertiary alicyclic amines) is 1. The molecule has 0 unspecified atom stereocenters. The van der Waals surface area contributed by atoms with Crippen molar-refractivity contribution in [2.45, 2.75) is 25.8 Å². The minimum atomic E-state index is -0.816. The normalized spacial score (nSPS) is 14.0. The summed E-state index contributed by atoms with van der Waals surface area (Å²) in [7, 11) is 0. The Hall–Kier alpha value is -3.95. The number of ether oxygens (including phenoxy) is 2. The third-order valence-corrected chi connectivity index (χ3v) is 5.01. The molecule has 2 aromatic rings. The van der Waals surface area contributed by atoms with Crippen LogP contribution in [0.1, 0.15) is 40.5 Å². The van der Waals surface area contributed by atoms with Crippen LogP contribution < -0.4 is 10.1 Å². The van der Waals surface area contributed by atoms with Gasteiger partial charge in [-0.1, -0.05) is 0 Å². The zero-order valence-electron chi connectivity index (χ0n) is 17.4. The van der Waals surface area contributed by atoms with E-state index in [1.807, 2.05) is 0 Å². The first-order valence-electron chi connectivity index (χ1n) is 10.1. The summed E-state index contributed by atoms with van der Waals surface area (Å²) in [6.45, 7) is 2.61. The molecular weight excluding hydrogens is 420 g/mol. The summed E-state index contributed by atoms with van der Waals surface area (Å²) in [6.07, 6.45) is 0.235. The van der Waals surface area contributed by atoms with Gasteiger partial charge in [0.25, 0.3) is 11.8 Å². The van der Waals surface area contributed by atoms with Crippen molar-refractivity contribution in [1.82, 2.24) is 10.2 Å². The molecule has 10 heteroatoms. The Balaban J connectivity index is 1.52. The Kier molecular flexibility index (Phi) is 7.04. The van der Waals surface area contributed by atoms with E-state index in [2.05, 4.69) is 5.32 Å². The molecule has 1 heterocycles. The van der Waals surface area contributed by atoms with E-state index < -0.39 is 29.3 Å². The molecule has 0 spiro atoms. The van der Waals surface area contributed by atoms with Gasteiger partial charge in [0.2, 0.25) is 0 Å². The average Bonchev–Trinajstić information content (AvgIpc) is 2.77. The van der Waals surface area contributed by atoms with E-state index in [-0.39, 0.29) is 29.9 Å². The minimum absolute atomic E-state index is 0.0606. The van der Waals surface area contributed by atoms with Gasteiger partial charge in [0, 0.05) is 30.3 Å². The summed E-state index contributed by atoms with van der Waals surface area (Å²) < 4.78 is 9.65. The van der Waals surface area contributed by atoms with Gasteiger partial charge in [-0.05, 0) is 56.2 Å². The predicted molar refractivity (Wildman–Crippen MR) is 112 cm³/mol. The molecule has 32 heavy (non-hydrogen) atoms. The maximum Gasteiger partial charge on any atom is 0.513 e. The first-order valence-corrected chi connectivity index (χ1v) is 10.1. The van der Waals surface area contributed by atoms with E-state index in [4.69, 9.17) is 9.47 Å². The Morgan fingerprint density at radius 3 is 2.16 bits per heavy atom. The van der Waals surface area contributed by atoms with Crippen molar-refractivity contribution in [1.29, 1.82) is 0 Å². The van der Waals surface area contributed by atoms with Crippen LogP contribution in [0, 0.1) is 0 Å². The molecular formula is C22H24N2O8. The number of carbonyl (C=O) groups is 3. The second-order valence-electron chi connectivity index (χ2n) is 7.21. The molecule has 2 aromatic carbocycles. The number of phenols is 3. The molecule has 0 saturated carbocycles. The van der Waals surface area contributed by atoms with E-state index in [1.165, 1.54) is 24.3 Å². The molecule has 1 saturated heterocycles. The maximum absolute atomic E-state index is 12.6. The monoisotopic (exact) mass is 444 g/mol. The smallest absolute Gasteiger partial charge is 0.504 e. The largest absolute Gasteiger partial charge is 0.513 e. The Morgan fingerprint density at radius 1 is 1.00 bits per heavy atom. The molecule has 0 radical (unpaired) electrons. The third kappa shape index (κ3) is 5.39. The number of nitrogens with zero attached hydrogens (tertiary/aromatic N) is 1. The molecule has 0 aromatic heterocycles. The van der Waals surface area contributed by atoms with Crippen molar-refractivity contribution in [3.05, 3.63) is 47.5 Å². The first kappa shape index (κ1) is 22.7. The van der Waals surface area contributed by atoms with Gasteiger partial charge in [-0.2, -0.15) is 0 Å². The van der Waals surface area contributed by atoms with Crippen LogP contribution in [-0.4, -0.2) is 63.9 Å². The number of hydrogen-bond donors (Lipinski definition) is 4. The highest BCUT2D eigenvalue weighted by Crippen LogP contribution is 2.35. The number of nitrogens with one attached hydrogen (secondary N) is 1. The van der Waals surface area contributed by atoms with Crippen molar-refractivity contribution in [2.24, 2.45) is 0 Å². The summed E-state index contributed by atoms with van der Waals surface area (Å²) in [4.78, 5) is 38.0. The molecule has 1 aliphatic rings. The van der Waals surface area contributed by atoms with E-state index in [1.54, 1.807) is 11.8 Å². The maximum atomic E-state index is 12.6. The van der Waals surface area contributed by atoms with Crippen molar-refractivity contribution in [3.63, 3.8) is 0 Å². The van der Waals surface area contributed by atoms with E-state index >= 15 is 0 Å². The number of amides is 2. The average molecular weight is 444 g/mol. The molecule has 2 amide bonds. The molecule has 170 valence electrons. The number of benzene rings is 2. The van der Waals surface area contributed by atoms with Gasteiger partial charge in [-0.25, -0.2) is 4.79 Å². The zero-order chi connectivity index (χ0) is 23.3. The minimum Gasteiger partial charge on any atom is -0.504 e. The quantitative estimate of drug-likeness (QED) is 0.312. The lowest BCUT2D eigenvalue weighted by Crippen LogP contribution is -2.46. The molecule has 0 aliphatic carbocycles. The number of carbonyl (C=O) groups excluding carboxylic acids is 3. The van der Waals surface area contributed by atoms with Gasteiger partial charge < -0.3 is 35.0 Å². The fourth-order valence-electron chi connectivity index (χ4n) is 3.32. The molecule has 0 atom stereocenters.